The Morgan fingerprint density at radius 3 is 2.55 bits per heavy atom. The van der Waals surface area contributed by atoms with Crippen LogP contribution in [0.4, 0.5) is 18.9 Å². The van der Waals surface area contributed by atoms with E-state index < -0.39 is 17.8 Å². The van der Waals surface area contributed by atoms with E-state index in [9.17, 15) is 18.0 Å². The standard InChI is InChI=1S/C12H15F3N4O/c1-16-11(20)8-2-3-9(10(18-8)12(13,14)15)19-6-4-17-5-7-19/h2-3,17H,4-7H2,1H3,(H,16,20). The van der Waals surface area contributed by atoms with Crippen LogP contribution in [0.2, 0.25) is 0 Å². The SMILES string of the molecule is CNC(=O)c1ccc(N2CCNCC2)c(C(F)(F)F)n1. The van der Waals surface area contributed by atoms with Gasteiger partial charge in [-0.1, -0.05) is 0 Å². The Bertz CT molecular complexity index is 498. The van der Waals surface area contributed by atoms with Crippen molar-refractivity contribution in [2.45, 2.75) is 6.18 Å². The van der Waals surface area contributed by atoms with E-state index in [1.807, 2.05) is 0 Å². The first-order valence-corrected chi connectivity index (χ1v) is 6.19. The number of carbonyl (C=O) groups excluding carboxylic acids is 1. The lowest BCUT2D eigenvalue weighted by atomic mass is 10.2. The molecule has 8 heteroatoms. The van der Waals surface area contributed by atoms with E-state index in [1.165, 1.54) is 19.2 Å². The van der Waals surface area contributed by atoms with Crippen LogP contribution < -0.4 is 15.5 Å². The maximum Gasteiger partial charge on any atom is 0.435 e. The molecule has 20 heavy (non-hydrogen) atoms. The van der Waals surface area contributed by atoms with E-state index >= 15 is 0 Å². The molecular formula is C12H15F3N4O. The minimum absolute atomic E-state index is 0.0200. The van der Waals surface area contributed by atoms with Gasteiger partial charge in [0.05, 0.1) is 5.69 Å². The summed E-state index contributed by atoms with van der Waals surface area (Å²) in [7, 11) is 1.35. The van der Waals surface area contributed by atoms with Crippen LogP contribution in [0.25, 0.3) is 0 Å². The van der Waals surface area contributed by atoms with Crippen molar-refractivity contribution in [1.82, 2.24) is 15.6 Å². The monoisotopic (exact) mass is 288 g/mol. The molecule has 110 valence electrons. The second-order valence-corrected chi connectivity index (χ2v) is 4.38. The van der Waals surface area contributed by atoms with Gasteiger partial charge in [0.2, 0.25) is 0 Å². The molecule has 0 saturated carbocycles. The summed E-state index contributed by atoms with van der Waals surface area (Å²) in [5.74, 6) is -0.637. The number of aromatic nitrogens is 1. The molecule has 1 fully saturated rings. The van der Waals surface area contributed by atoms with Crippen LogP contribution in [0.15, 0.2) is 12.1 Å². The maximum atomic E-state index is 13.1. The molecular weight excluding hydrogens is 273 g/mol. The third kappa shape index (κ3) is 3.01. The Balaban J connectivity index is 2.42. The first-order chi connectivity index (χ1) is 9.43. The number of nitrogens with zero attached hydrogens (tertiary/aromatic N) is 2. The quantitative estimate of drug-likeness (QED) is 0.848. The van der Waals surface area contributed by atoms with Crippen LogP contribution in [-0.2, 0) is 6.18 Å². The molecule has 1 saturated heterocycles. The van der Waals surface area contributed by atoms with Gasteiger partial charge >= 0.3 is 6.18 Å². The van der Waals surface area contributed by atoms with E-state index in [1.54, 1.807) is 4.90 Å². The zero-order chi connectivity index (χ0) is 14.8. The number of hydrogen-bond acceptors (Lipinski definition) is 4. The van der Waals surface area contributed by atoms with Crippen LogP contribution in [0, 0.1) is 0 Å². The Kier molecular flexibility index (Phi) is 4.12. The smallest absolute Gasteiger partial charge is 0.367 e. The van der Waals surface area contributed by atoms with Gasteiger partial charge in [-0.2, -0.15) is 13.2 Å². The summed E-state index contributed by atoms with van der Waals surface area (Å²) in [4.78, 5) is 16.5. The summed E-state index contributed by atoms with van der Waals surface area (Å²) in [6.07, 6.45) is -4.59. The first-order valence-electron chi connectivity index (χ1n) is 6.19. The average Bonchev–Trinajstić information content (AvgIpc) is 2.46. The summed E-state index contributed by atoms with van der Waals surface area (Å²) in [5, 5.41) is 5.34. The number of pyridine rings is 1. The lowest BCUT2D eigenvalue weighted by Crippen LogP contribution is -2.44. The Hall–Kier alpha value is -1.83. The van der Waals surface area contributed by atoms with E-state index in [0.717, 1.165) is 0 Å². The number of halogens is 3. The molecule has 0 aliphatic carbocycles. The molecule has 1 aliphatic heterocycles. The number of carbonyl (C=O) groups is 1. The molecule has 0 aromatic carbocycles. The number of alkyl halides is 3. The number of hydrogen-bond donors (Lipinski definition) is 2. The van der Waals surface area contributed by atoms with Gasteiger partial charge in [0.15, 0.2) is 5.69 Å². The molecule has 2 N–H and O–H groups in total. The number of piperazine rings is 1. The predicted octanol–water partition coefficient (Wildman–Crippen LogP) is 0.870. The second kappa shape index (κ2) is 5.66. The normalized spacial score (nSPS) is 16.1. The average molecular weight is 288 g/mol. The molecule has 1 aromatic heterocycles. The maximum absolute atomic E-state index is 13.1. The van der Waals surface area contributed by atoms with Gasteiger partial charge in [0, 0.05) is 33.2 Å². The highest BCUT2D eigenvalue weighted by atomic mass is 19.4. The number of nitrogens with one attached hydrogen (secondary N) is 2. The lowest BCUT2D eigenvalue weighted by molar-refractivity contribution is -0.140. The third-order valence-corrected chi connectivity index (χ3v) is 3.06. The molecule has 0 atom stereocenters. The zero-order valence-electron chi connectivity index (χ0n) is 10.9. The highest BCUT2D eigenvalue weighted by molar-refractivity contribution is 5.92. The zero-order valence-corrected chi connectivity index (χ0v) is 10.9. The van der Waals surface area contributed by atoms with Gasteiger partial charge in [-0.15, -0.1) is 0 Å². The van der Waals surface area contributed by atoms with Crippen molar-refractivity contribution in [1.29, 1.82) is 0 Å². The minimum atomic E-state index is -4.59. The lowest BCUT2D eigenvalue weighted by Gasteiger charge is -2.31. The first kappa shape index (κ1) is 14.6. The van der Waals surface area contributed by atoms with Crippen molar-refractivity contribution < 1.29 is 18.0 Å². The molecule has 0 spiro atoms. The fraction of sp³-hybridized carbons (Fsp3) is 0.500. The molecule has 1 amide bonds. The summed E-state index contributed by atoms with van der Waals surface area (Å²) >= 11 is 0. The number of amides is 1. The Morgan fingerprint density at radius 2 is 2.00 bits per heavy atom. The van der Waals surface area contributed by atoms with Crippen molar-refractivity contribution >= 4 is 11.6 Å². The van der Waals surface area contributed by atoms with Gasteiger partial charge in [-0.3, -0.25) is 4.79 Å². The summed E-state index contributed by atoms with van der Waals surface area (Å²) in [5.41, 5.74) is -1.23. The fourth-order valence-electron chi connectivity index (χ4n) is 2.08. The molecule has 1 aliphatic rings. The predicted molar refractivity (Wildman–Crippen MR) is 67.7 cm³/mol. The molecule has 1 aromatic rings. The molecule has 0 unspecified atom stereocenters. The van der Waals surface area contributed by atoms with Crippen molar-refractivity contribution in [2.75, 3.05) is 38.1 Å². The molecule has 0 bridgehead atoms. The summed E-state index contributed by atoms with van der Waals surface area (Å²) in [6.45, 7) is 2.19. The van der Waals surface area contributed by atoms with Crippen LogP contribution in [0.5, 0.6) is 0 Å². The van der Waals surface area contributed by atoms with Crippen molar-refractivity contribution in [3.05, 3.63) is 23.5 Å². The van der Waals surface area contributed by atoms with E-state index in [4.69, 9.17) is 0 Å². The fourth-order valence-corrected chi connectivity index (χ4v) is 2.08. The van der Waals surface area contributed by atoms with Crippen LogP contribution in [0.3, 0.4) is 0 Å². The van der Waals surface area contributed by atoms with Crippen LogP contribution in [-0.4, -0.2) is 44.1 Å². The third-order valence-electron chi connectivity index (χ3n) is 3.06. The Morgan fingerprint density at radius 1 is 1.35 bits per heavy atom. The number of anilines is 1. The van der Waals surface area contributed by atoms with Crippen LogP contribution >= 0.6 is 0 Å². The van der Waals surface area contributed by atoms with Crippen molar-refractivity contribution in [3.8, 4) is 0 Å². The van der Waals surface area contributed by atoms with Crippen molar-refractivity contribution in [2.24, 2.45) is 0 Å². The summed E-state index contributed by atoms with van der Waals surface area (Å²) < 4.78 is 39.3. The highest BCUT2D eigenvalue weighted by Crippen LogP contribution is 2.35. The van der Waals surface area contributed by atoms with E-state index in [2.05, 4.69) is 15.6 Å². The minimum Gasteiger partial charge on any atom is -0.367 e. The topological polar surface area (TPSA) is 57.3 Å². The van der Waals surface area contributed by atoms with Crippen molar-refractivity contribution in [3.63, 3.8) is 0 Å². The Labute approximate surface area is 114 Å². The van der Waals surface area contributed by atoms with Crippen LogP contribution in [0.1, 0.15) is 16.2 Å². The molecule has 5 nitrogen and oxygen atoms in total. The molecule has 2 heterocycles. The number of rotatable bonds is 2. The highest BCUT2D eigenvalue weighted by Gasteiger charge is 2.37. The van der Waals surface area contributed by atoms with E-state index in [0.29, 0.717) is 26.2 Å². The van der Waals surface area contributed by atoms with Gasteiger partial charge in [-0.25, -0.2) is 4.98 Å². The van der Waals surface area contributed by atoms with Gasteiger partial charge in [-0.05, 0) is 12.1 Å². The molecule has 2 rings (SSSR count). The van der Waals surface area contributed by atoms with Gasteiger partial charge < -0.3 is 15.5 Å². The summed E-state index contributed by atoms with van der Waals surface area (Å²) in [6, 6.07) is 2.62. The van der Waals surface area contributed by atoms with Gasteiger partial charge in [0.1, 0.15) is 5.69 Å². The second-order valence-electron chi connectivity index (χ2n) is 4.38. The molecule has 0 radical (unpaired) electrons. The largest absolute Gasteiger partial charge is 0.435 e. The van der Waals surface area contributed by atoms with Gasteiger partial charge in [0.25, 0.3) is 5.91 Å². The van der Waals surface area contributed by atoms with E-state index in [-0.39, 0.29) is 11.4 Å².